The minimum absolute atomic E-state index is 0. The van der Waals surface area contributed by atoms with Crippen LogP contribution in [0.3, 0.4) is 0 Å². The number of nitrogens with zero attached hydrogens (tertiary/aromatic N) is 3. The number of pyridine rings is 1. The van der Waals surface area contributed by atoms with Crippen LogP contribution in [0, 0.1) is 0 Å². The third-order valence-corrected chi connectivity index (χ3v) is 2.52. The van der Waals surface area contributed by atoms with Gasteiger partial charge in [-0.25, -0.2) is 4.98 Å². The fraction of sp³-hybridized carbons (Fsp3) is 0.312. The Morgan fingerprint density at radius 2 is 1.70 bits per heavy atom. The van der Waals surface area contributed by atoms with E-state index < -0.39 is 13.0 Å². The molecule has 2 aromatic rings. The number of likely N-dealkylation sites (N-methyl/N-ethyl adjacent to an activating group) is 1. The molecule has 0 spiro atoms. The van der Waals surface area contributed by atoms with Crippen LogP contribution in [0.4, 0.5) is 5.82 Å². The lowest BCUT2D eigenvalue weighted by molar-refractivity contribution is 0.412. The van der Waals surface area contributed by atoms with Crippen LogP contribution in [0.2, 0.25) is 0 Å². The van der Waals surface area contributed by atoms with Gasteiger partial charge in [0, 0.05) is 28.5 Å². The van der Waals surface area contributed by atoms with Gasteiger partial charge in [0.1, 0.15) is 5.82 Å². The van der Waals surface area contributed by atoms with E-state index in [1.165, 1.54) is 23.9 Å². The molecule has 2 rings (SSSR count). The van der Waals surface area contributed by atoms with Gasteiger partial charge in [0.05, 0.1) is 2.74 Å². The third kappa shape index (κ3) is 5.19. The molecule has 0 unspecified atom stereocenters. The topological polar surface area (TPSA) is 19.4 Å². The Hall–Kier alpha value is -1.58. The van der Waals surface area contributed by atoms with E-state index in [4.69, 9.17) is 5.48 Å². The molecule has 0 aliphatic carbocycles. The summed E-state index contributed by atoms with van der Waals surface area (Å²) < 4.78 is 33.2. The summed E-state index contributed by atoms with van der Waals surface area (Å²) in [5, 5.41) is 0. The molecule has 0 aliphatic heterocycles. The van der Waals surface area contributed by atoms with E-state index in [2.05, 4.69) is 4.98 Å². The summed E-state index contributed by atoms with van der Waals surface area (Å²) in [4.78, 5) is 6.82. The van der Waals surface area contributed by atoms with Crippen LogP contribution in [-0.2, 0) is 6.54 Å². The molecular weight excluding hydrogens is 270 g/mol. The molecular formula is C16H22ClN3. The fourth-order valence-electron chi connectivity index (χ4n) is 1.62. The van der Waals surface area contributed by atoms with E-state index in [0.717, 1.165) is 5.56 Å². The molecule has 3 nitrogen and oxygen atoms in total. The van der Waals surface area contributed by atoms with Crippen molar-refractivity contribution in [2.75, 3.05) is 32.0 Å². The van der Waals surface area contributed by atoms with Crippen LogP contribution in [0.25, 0.3) is 0 Å². The van der Waals surface area contributed by atoms with E-state index in [0.29, 0.717) is 5.82 Å². The molecule has 0 saturated heterocycles. The van der Waals surface area contributed by atoms with Gasteiger partial charge < -0.3 is 9.80 Å². The first-order valence-electron chi connectivity index (χ1n) is 8.17. The van der Waals surface area contributed by atoms with Crippen molar-refractivity contribution in [3.63, 3.8) is 0 Å². The first-order chi connectivity index (χ1) is 10.8. The Labute approximate surface area is 133 Å². The van der Waals surface area contributed by atoms with E-state index in [1.54, 1.807) is 24.4 Å². The number of benzene rings is 1. The Balaban J connectivity index is 0.00000288. The molecule has 20 heavy (non-hydrogen) atoms. The van der Waals surface area contributed by atoms with Crippen molar-refractivity contribution in [2.45, 2.75) is 6.54 Å². The van der Waals surface area contributed by atoms with Crippen LogP contribution in [-0.4, -0.2) is 37.0 Å². The highest BCUT2D eigenvalue weighted by atomic mass is 35.5. The molecule has 1 aromatic heterocycles. The average molecular weight is 296 g/mol. The zero-order valence-electron chi connectivity index (χ0n) is 15.7. The van der Waals surface area contributed by atoms with Gasteiger partial charge >= 0.3 is 0 Å². The summed E-state index contributed by atoms with van der Waals surface area (Å²) in [5.41, 5.74) is 0.886. The van der Waals surface area contributed by atoms with Gasteiger partial charge in [-0.2, -0.15) is 0 Å². The van der Waals surface area contributed by atoms with Gasteiger partial charge in [-0.05, 0) is 31.8 Å². The minimum Gasteiger partial charge on any atom is -0.351 e. The lowest BCUT2D eigenvalue weighted by Crippen LogP contribution is -2.31. The van der Waals surface area contributed by atoms with Gasteiger partial charge in [-0.3, -0.25) is 0 Å². The second-order valence-electron chi connectivity index (χ2n) is 4.38. The van der Waals surface area contributed by atoms with Crippen molar-refractivity contribution in [2.24, 2.45) is 0 Å². The van der Waals surface area contributed by atoms with Gasteiger partial charge in [-0.15, -0.1) is 12.4 Å². The monoisotopic (exact) mass is 295 g/mol. The van der Waals surface area contributed by atoms with Crippen molar-refractivity contribution in [1.29, 1.82) is 0 Å². The van der Waals surface area contributed by atoms with Crippen LogP contribution in [0.15, 0.2) is 54.7 Å². The lowest BCUT2D eigenvalue weighted by Gasteiger charge is -2.25. The summed E-state index contributed by atoms with van der Waals surface area (Å²) in [6.45, 7) is -4.25. The van der Waals surface area contributed by atoms with Crippen molar-refractivity contribution in [1.82, 2.24) is 9.88 Å². The highest BCUT2D eigenvalue weighted by molar-refractivity contribution is 5.85. The highest BCUT2D eigenvalue weighted by Gasteiger charge is 2.08. The number of aromatic nitrogens is 1. The van der Waals surface area contributed by atoms with E-state index >= 15 is 0 Å². The number of rotatable bonds is 6. The largest absolute Gasteiger partial charge is 0.351 e. The average Bonchev–Trinajstić information content (AvgIpc) is 2.54. The van der Waals surface area contributed by atoms with E-state index in [1.807, 2.05) is 30.3 Å². The number of halogens is 1. The maximum absolute atomic E-state index is 8.44. The van der Waals surface area contributed by atoms with Crippen LogP contribution in [0.5, 0.6) is 0 Å². The summed E-state index contributed by atoms with van der Waals surface area (Å²) in [5.74, 6) is 0.395. The maximum Gasteiger partial charge on any atom is 0.128 e. The zero-order valence-corrected chi connectivity index (χ0v) is 12.5. The van der Waals surface area contributed by atoms with Crippen LogP contribution in [0.1, 0.15) is 11.0 Å². The number of hydrogen-bond donors (Lipinski definition) is 0. The smallest absolute Gasteiger partial charge is 0.128 e. The van der Waals surface area contributed by atoms with Gasteiger partial charge in [0.2, 0.25) is 0 Å². The molecule has 0 N–H and O–H groups in total. The predicted octanol–water partition coefficient (Wildman–Crippen LogP) is 3.07. The van der Waals surface area contributed by atoms with Gasteiger partial charge in [0.25, 0.3) is 0 Å². The molecule has 1 heterocycles. The number of anilines is 1. The zero-order chi connectivity index (χ0) is 17.1. The minimum atomic E-state index is -2.28. The van der Waals surface area contributed by atoms with Crippen molar-refractivity contribution < 1.29 is 5.48 Å². The Kier molecular flexibility index (Phi) is 4.76. The maximum atomic E-state index is 8.44. The van der Waals surface area contributed by atoms with Crippen molar-refractivity contribution >= 4 is 18.2 Å². The Morgan fingerprint density at radius 3 is 2.30 bits per heavy atom. The molecule has 0 atom stereocenters. The molecule has 0 radical (unpaired) electrons. The molecule has 1 aromatic carbocycles. The lowest BCUT2D eigenvalue weighted by atomic mass is 10.2. The molecule has 4 heteroatoms. The second-order valence-corrected chi connectivity index (χ2v) is 4.38. The van der Waals surface area contributed by atoms with Crippen molar-refractivity contribution in [3.8, 4) is 0 Å². The summed E-state index contributed by atoms with van der Waals surface area (Å²) in [7, 11) is 3.05. The summed E-state index contributed by atoms with van der Waals surface area (Å²) in [6, 6.07) is 14.6. The molecule has 0 saturated carbocycles. The van der Waals surface area contributed by atoms with Crippen LogP contribution >= 0.6 is 12.4 Å². The van der Waals surface area contributed by atoms with Crippen LogP contribution < -0.4 is 4.90 Å². The highest BCUT2D eigenvalue weighted by Crippen LogP contribution is 2.13. The normalized spacial score (nSPS) is 14.6. The summed E-state index contributed by atoms with van der Waals surface area (Å²) in [6.07, 6.45) is 1.58. The first kappa shape index (κ1) is 11.1. The summed E-state index contributed by atoms with van der Waals surface area (Å²) >= 11 is 0. The van der Waals surface area contributed by atoms with E-state index in [9.17, 15) is 0 Å². The third-order valence-electron chi connectivity index (χ3n) is 2.52. The van der Waals surface area contributed by atoms with Crippen molar-refractivity contribution in [3.05, 3.63) is 60.3 Å². The predicted molar refractivity (Wildman–Crippen MR) is 87.5 cm³/mol. The first-order valence-corrected chi connectivity index (χ1v) is 6.17. The molecule has 0 amide bonds. The SMILES string of the molecule is Cl.[2H]C([2H])(N(C)C)C([2H])([2H])N(Cc1ccccc1)c1ccccn1. The van der Waals surface area contributed by atoms with Gasteiger partial charge in [0.15, 0.2) is 0 Å². The number of hydrogen-bond acceptors (Lipinski definition) is 3. The fourth-order valence-corrected chi connectivity index (χ4v) is 1.62. The Morgan fingerprint density at radius 1 is 1.00 bits per heavy atom. The Bertz CT molecular complexity index is 624. The second kappa shape index (κ2) is 8.56. The molecule has 0 bridgehead atoms. The van der Waals surface area contributed by atoms with E-state index in [-0.39, 0.29) is 19.0 Å². The quantitative estimate of drug-likeness (QED) is 0.816. The molecule has 108 valence electrons. The molecule has 0 aliphatic rings. The standard InChI is InChI=1S/C16H21N3.ClH/c1-18(2)12-13-19(16-10-6-7-11-17-16)14-15-8-4-3-5-9-15;/h3-11H,12-14H2,1-2H3;1H/i12D2,13D2;. The molecule has 0 fully saturated rings. The van der Waals surface area contributed by atoms with Gasteiger partial charge in [-0.1, -0.05) is 36.4 Å².